The van der Waals surface area contributed by atoms with Crippen LogP contribution in [0, 0.1) is 6.92 Å². The number of nitrogens with one attached hydrogen (secondary N) is 1. The van der Waals surface area contributed by atoms with Crippen molar-refractivity contribution in [1.29, 1.82) is 0 Å². The molecule has 252 valence electrons. The van der Waals surface area contributed by atoms with Crippen molar-refractivity contribution in [3.8, 4) is 0 Å². The zero-order chi connectivity index (χ0) is 34.3. The minimum absolute atomic E-state index is 0.000488. The van der Waals surface area contributed by atoms with Crippen molar-refractivity contribution in [2.45, 2.75) is 69.0 Å². The molecule has 0 spiro atoms. The SMILES string of the molecule is Cc1cccc(N(CC(=O)N(Cc2ccc(Cl)c(Cl)c2)C(Cc2ccccc2)C(=O)NC2CCCCC2)S(=O)(=O)c2ccc(Cl)cc2)c1. The Balaban J connectivity index is 1.57. The lowest BCUT2D eigenvalue weighted by molar-refractivity contribution is -0.140. The van der Waals surface area contributed by atoms with Crippen LogP contribution in [0.15, 0.2) is 102 Å². The van der Waals surface area contributed by atoms with Crippen LogP contribution in [0.5, 0.6) is 0 Å². The lowest BCUT2D eigenvalue weighted by atomic mass is 9.94. The summed E-state index contributed by atoms with van der Waals surface area (Å²) in [7, 11) is -4.24. The zero-order valence-electron chi connectivity index (χ0n) is 26.6. The quantitative estimate of drug-likeness (QED) is 0.159. The molecule has 4 aromatic rings. The summed E-state index contributed by atoms with van der Waals surface area (Å²) in [6, 6.07) is 26.3. The molecule has 1 saturated carbocycles. The number of hydrogen-bond donors (Lipinski definition) is 1. The van der Waals surface area contributed by atoms with Crippen molar-refractivity contribution in [1.82, 2.24) is 10.2 Å². The third kappa shape index (κ3) is 9.11. The first-order valence-corrected chi connectivity index (χ1v) is 18.5. The predicted molar refractivity (Wildman–Crippen MR) is 193 cm³/mol. The number of anilines is 1. The third-order valence-electron chi connectivity index (χ3n) is 8.53. The Hall–Kier alpha value is -3.56. The molecule has 0 aliphatic heterocycles. The summed E-state index contributed by atoms with van der Waals surface area (Å²) < 4.78 is 29.5. The fourth-order valence-corrected chi connectivity index (χ4v) is 7.83. The van der Waals surface area contributed by atoms with Crippen molar-refractivity contribution in [3.05, 3.63) is 129 Å². The highest BCUT2D eigenvalue weighted by Gasteiger charge is 2.35. The van der Waals surface area contributed by atoms with Crippen LogP contribution in [0.2, 0.25) is 15.1 Å². The Bertz CT molecular complexity index is 1830. The summed E-state index contributed by atoms with van der Waals surface area (Å²) in [5.41, 5.74) is 2.64. The zero-order valence-corrected chi connectivity index (χ0v) is 29.7. The van der Waals surface area contributed by atoms with Crippen LogP contribution in [0.1, 0.15) is 48.8 Å². The molecule has 11 heteroatoms. The van der Waals surface area contributed by atoms with Crippen molar-refractivity contribution in [3.63, 3.8) is 0 Å². The molecule has 0 aromatic heterocycles. The van der Waals surface area contributed by atoms with Crippen molar-refractivity contribution in [2.75, 3.05) is 10.8 Å². The Morgan fingerprint density at radius 3 is 2.19 bits per heavy atom. The molecular weight excluding hydrogens is 689 g/mol. The number of halogens is 3. The van der Waals surface area contributed by atoms with Gasteiger partial charge in [0.2, 0.25) is 11.8 Å². The normalized spacial score (nSPS) is 14.2. The molecule has 1 fully saturated rings. The molecule has 5 rings (SSSR count). The second-order valence-electron chi connectivity index (χ2n) is 12.1. The van der Waals surface area contributed by atoms with Gasteiger partial charge < -0.3 is 10.2 Å². The lowest BCUT2D eigenvalue weighted by Crippen LogP contribution is -2.55. The first-order valence-electron chi connectivity index (χ1n) is 15.9. The van der Waals surface area contributed by atoms with Gasteiger partial charge in [0.25, 0.3) is 10.0 Å². The molecule has 7 nitrogen and oxygen atoms in total. The number of carbonyl (C=O) groups is 2. The molecule has 0 heterocycles. The van der Waals surface area contributed by atoms with Gasteiger partial charge in [-0.3, -0.25) is 13.9 Å². The first kappa shape index (κ1) is 35.7. The van der Waals surface area contributed by atoms with E-state index in [9.17, 15) is 18.0 Å². The Morgan fingerprint density at radius 2 is 1.52 bits per heavy atom. The van der Waals surface area contributed by atoms with E-state index in [-0.39, 0.29) is 29.8 Å². The van der Waals surface area contributed by atoms with E-state index < -0.39 is 28.5 Å². The number of hydrogen-bond acceptors (Lipinski definition) is 4. The summed E-state index contributed by atoms with van der Waals surface area (Å²) in [5.74, 6) is -0.846. The maximum Gasteiger partial charge on any atom is 0.264 e. The predicted octanol–water partition coefficient (Wildman–Crippen LogP) is 8.24. The van der Waals surface area contributed by atoms with Gasteiger partial charge in [-0.05, 0) is 85.0 Å². The topological polar surface area (TPSA) is 86.8 Å². The van der Waals surface area contributed by atoms with Crippen molar-refractivity contribution in [2.24, 2.45) is 0 Å². The number of sulfonamides is 1. The minimum Gasteiger partial charge on any atom is -0.352 e. The molecule has 4 aromatic carbocycles. The summed E-state index contributed by atoms with van der Waals surface area (Å²) in [6.45, 7) is 1.28. The summed E-state index contributed by atoms with van der Waals surface area (Å²) in [6.07, 6.45) is 5.12. The highest BCUT2D eigenvalue weighted by molar-refractivity contribution is 7.92. The summed E-state index contributed by atoms with van der Waals surface area (Å²) in [4.78, 5) is 30.4. The molecule has 1 aliphatic rings. The Morgan fingerprint density at radius 1 is 0.812 bits per heavy atom. The monoisotopic (exact) mass is 725 g/mol. The smallest absolute Gasteiger partial charge is 0.264 e. The molecular formula is C37H38Cl3N3O4S. The van der Waals surface area contributed by atoms with Crippen LogP contribution in [0.4, 0.5) is 5.69 Å². The van der Waals surface area contributed by atoms with E-state index in [2.05, 4.69) is 5.32 Å². The van der Waals surface area contributed by atoms with Crippen LogP contribution in [-0.2, 0) is 32.6 Å². The number of nitrogens with zero attached hydrogens (tertiary/aromatic N) is 2. The lowest BCUT2D eigenvalue weighted by Gasteiger charge is -2.35. The van der Waals surface area contributed by atoms with E-state index >= 15 is 0 Å². The molecule has 1 atom stereocenters. The van der Waals surface area contributed by atoms with E-state index in [4.69, 9.17) is 34.8 Å². The maximum absolute atomic E-state index is 14.7. The van der Waals surface area contributed by atoms with Crippen LogP contribution in [0.25, 0.3) is 0 Å². The molecule has 0 bridgehead atoms. The van der Waals surface area contributed by atoms with Gasteiger partial charge in [0.05, 0.1) is 20.6 Å². The largest absolute Gasteiger partial charge is 0.352 e. The van der Waals surface area contributed by atoms with Gasteiger partial charge in [-0.15, -0.1) is 0 Å². The van der Waals surface area contributed by atoms with Crippen LogP contribution in [-0.4, -0.2) is 43.8 Å². The maximum atomic E-state index is 14.7. The second kappa shape index (κ2) is 16.2. The van der Waals surface area contributed by atoms with Gasteiger partial charge in [-0.25, -0.2) is 8.42 Å². The van der Waals surface area contributed by atoms with E-state index in [1.54, 1.807) is 36.4 Å². The van der Waals surface area contributed by atoms with Crippen LogP contribution < -0.4 is 9.62 Å². The van der Waals surface area contributed by atoms with Crippen LogP contribution >= 0.6 is 34.8 Å². The van der Waals surface area contributed by atoms with Gasteiger partial charge in [-0.1, -0.05) is 103 Å². The number of amides is 2. The number of benzene rings is 4. The second-order valence-corrected chi connectivity index (χ2v) is 15.2. The third-order valence-corrected chi connectivity index (χ3v) is 11.3. The van der Waals surface area contributed by atoms with Gasteiger partial charge in [-0.2, -0.15) is 0 Å². The van der Waals surface area contributed by atoms with E-state index in [1.807, 2.05) is 43.3 Å². The van der Waals surface area contributed by atoms with Gasteiger partial charge in [0.1, 0.15) is 12.6 Å². The first-order chi connectivity index (χ1) is 23.0. The average molecular weight is 727 g/mol. The molecule has 48 heavy (non-hydrogen) atoms. The van der Waals surface area contributed by atoms with E-state index in [1.165, 1.54) is 29.2 Å². The van der Waals surface area contributed by atoms with Gasteiger partial charge in [0, 0.05) is 24.0 Å². The standard InChI is InChI=1S/C37H38Cl3N3O4S/c1-26-9-8-14-31(21-26)43(48(46,47)32-18-16-29(38)17-19-32)25-36(44)42(24-28-15-20-33(39)34(40)22-28)35(23-27-10-4-2-5-11-27)37(45)41-30-12-6-3-7-13-30/h2,4-5,8-11,14-22,30,35H,3,6-7,12-13,23-25H2,1H3,(H,41,45). The number of rotatable bonds is 12. The fourth-order valence-electron chi connectivity index (χ4n) is 5.98. The number of aryl methyl sites for hydroxylation is 1. The van der Waals surface area contributed by atoms with E-state index in [0.717, 1.165) is 47.5 Å². The van der Waals surface area contributed by atoms with E-state index in [0.29, 0.717) is 26.3 Å². The fraction of sp³-hybridized carbons (Fsp3) is 0.297. The van der Waals surface area contributed by atoms with Gasteiger partial charge in [0.15, 0.2) is 0 Å². The summed E-state index contributed by atoms with van der Waals surface area (Å²) >= 11 is 18.7. The molecule has 1 N–H and O–H groups in total. The van der Waals surface area contributed by atoms with Crippen molar-refractivity contribution < 1.29 is 18.0 Å². The highest BCUT2D eigenvalue weighted by Crippen LogP contribution is 2.28. The van der Waals surface area contributed by atoms with Gasteiger partial charge >= 0.3 is 0 Å². The Kier molecular flexibility index (Phi) is 12.1. The van der Waals surface area contributed by atoms with Crippen molar-refractivity contribution >= 4 is 62.3 Å². The Labute approximate surface area is 297 Å². The molecule has 0 radical (unpaired) electrons. The minimum atomic E-state index is -4.24. The molecule has 2 amide bonds. The summed E-state index contributed by atoms with van der Waals surface area (Å²) in [5, 5.41) is 4.25. The van der Waals surface area contributed by atoms with Crippen LogP contribution in [0.3, 0.4) is 0 Å². The molecule has 0 saturated heterocycles. The molecule has 1 aliphatic carbocycles. The molecule has 1 unspecified atom stereocenters. The number of carbonyl (C=O) groups excluding carboxylic acids is 2. The highest BCUT2D eigenvalue weighted by atomic mass is 35.5. The average Bonchev–Trinajstić information content (AvgIpc) is 3.07.